The molecule has 0 saturated carbocycles. The van der Waals surface area contributed by atoms with Crippen LogP contribution < -0.4 is 5.32 Å². The van der Waals surface area contributed by atoms with Crippen molar-refractivity contribution < 1.29 is 14.7 Å². The number of hydrogen-bond acceptors (Lipinski definition) is 3. The van der Waals surface area contributed by atoms with Crippen molar-refractivity contribution in [3.05, 3.63) is 56.2 Å². The van der Waals surface area contributed by atoms with E-state index < -0.39 is 11.9 Å². The standard InChI is InChI=1S/C14H9Cl2NO3S/c15-8-1-4-10(14(19)20)11(7-8)17-13(18)6-3-9-2-5-12(16)21-9/h1-7H,(H,17,18)(H,19,20)/b6-3+. The Labute approximate surface area is 134 Å². The number of hydrogen-bond donors (Lipinski definition) is 2. The number of nitrogens with one attached hydrogen (secondary N) is 1. The predicted octanol–water partition coefficient (Wildman–Crippen LogP) is 4.41. The van der Waals surface area contributed by atoms with Gasteiger partial charge in [-0.25, -0.2) is 4.79 Å². The fourth-order valence-electron chi connectivity index (χ4n) is 1.56. The third kappa shape index (κ3) is 4.32. The van der Waals surface area contributed by atoms with Gasteiger partial charge < -0.3 is 10.4 Å². The van der Waals surface area contributed by atoms with Crippen molar-refractivity contribution in [2.45, 2.75) is 0 Å². The van der Waals surface area contributed by atoms with Gasteiger partial charge in [0.05, 0.1) is 15.6 Å². The zero-order valence-electron chi connectivity index (χ0n) is 10.5. The van der Waals surface area contributed by atoms with Crippen LogP contribution in [0.2, 0.25) is 9.36 Å². The molecule has 1 heterocycles. The van der Waals surface area contributed by atoms with E-state index in [9.17, 15) is 9.59 Å². The highest BCUT2D eigenvalue weighted by atomic mass is 35.5. The van der Waals surface area contributed by atoms with Crippen LogP contribution in [0.15, 0.2) is 36.4 Å². The quantitative estimate of drug-likeness (QED) is 0.809. The Bertz CT molecular complexity index is 725. The van der Waals surface area contributed by atoms with Crippen LogP contribution in [-0.4, -0.2) is 17.0 Å². The minimum absolute atomic E-state index is 0.0275. The van der Waals surface area contributed by atoms with Crippen molar-refractivity contribution in [2.24, 2.45) is 0 Å². The Kier molecular flexibility index (Phi) is 5.01. The Morgan fingerprint density at radius 1 is 1.19 bits per heavy atom. The first-order valence-electron chi connectivity index (χ1n) is 5.73. The average molecular weight is 342 g/mol. The smallest absolute Gasteiger partial charge is 0.337 e. The minimum Gasteiger partial charge on any atom is -0.478 e. The van der Waals surface area contributed by atoms with Gasteiger partial charge in [0, 0.05) is 16.0 Å². The normalized spacial score (nSPS) is 10.8. The van der Waals surface area contributed by atoms with Crippen LogP contribution in [0.3, 0.4) is 0 Å². The molecule has 1 aromatic heterocycles. The zero-order chi connectivity index (χ0) is 15.4. The molecule has 4 nitrogen and oxygen atoms in total. The van der Waals surface area contributed by atoms with Crippen LogP contribution in [0.5, 0.6) is 0 Å². The first kappa shape index (κ1) is 15.6. The topological polar surface area (TPSA) is 66.4 Å². The summed E-state index contributed by atoms with van der Waals surface area (Å²) in [7, 11) is 0. The van der Waals surface area contributed by atoms with Crippen molar-refractivity contribution in [2.75, 3.05) is 5.32 Å². The fraction of sp³-hybridized carbons (Fsp3) is 0. The summed E-state index contributed by atoms with van der Waals surface area (Å²) in [5.41, 5.74) is 0.120. The summed E-state index contributed by atoms with van der Waals surface area (Å²) in [5.74, 6) is -1.60. The number of carboxylic acids is 1. The summed E-state index contributed by atoms with van der Waals surface area (Å²) in [5, 5.41) is 11.9. The summed E-state index contributed by atoms with van der Waals surface area (Å²) in [4.78, 5) is 23.7. The van der Waals surface area contributed by atoms with Crippen LogP contribution >= 0.6 is 34.5 Å². The van der Waals surface area contributed by atoms with Crippen LogP contribution in [0.4, 0.5) is 5.69 Å². The van der Waals surface area contributed by atoms with Gasteiger partial charge in [-0.05, 0) is 36.4 Å². The average Bonchev–Trinajstić information content (AvgIpc) is 2.82. The lowest BCUT2D eigenvalue weighted by Crippen LogP contribution is -2.11. The van der Waals surface area contributed by atoms with Crippen molar-refractivity contribution >= 4 is 58.2 Å². The Hall–Kier alpha value is -1.82. The highest BCUT2D eigenvalue weighted by Gasteiger charge is 2.11. The Morgan fingerprint density at radius 3 is 2.57 bits per heavy atom. The van der Waals surface area contributed by atoms with Crippen LogP contribution in [0.25, 0.3) is 6.08 Å². The first-order chi connectivity index (χ1) is 9.95. The van der Waals surface area contributed by atoms with E-state index >= 15 is 0 Å². The number of aromatic carboxylic acids is 1. The van der Waals surface area contributed by atoms with Crippen molar-refractivity contribution in [3.8, 4) is 0 Å². The monoisotopic (exact) mass is 341 g/mol. The van der Waals surface area contributed by atoms with Gasteiger partial charge in [-0.2, -0.15) is 0 Å². The molecule has 1 amide bonds. The van der Waals surface area contributed by atoms with Gasteiger partial charge in [0.25, 0.3) is 0 Å². The first-order valence-corrected chi connectivity index (χ1v) is 7.30. The summed E-state index contributed by atoms with van der Waals surface area (Å²) in [6.45, 7) is 0. The molecule has 0 bridgehead atoms. The number of rotatable bonds is 4. The second-order valence-corrected chi connectivity index (χ2v) is 6.14. The SMILES string of the molecule is O=C(/C=C/c1ccc(Cl)s1)Nc1cc(Cl)ccc1C(=O)O. The third-order valence-electron chi connectivity index (χ3n) is 2.46. The fourth-order valence-corrected chi connectivity index (χ4v) is 2.69. The molecule has 0 radical (unpaired) electrons. The largest absolute Gasteiger partial charge is 0.478 e. The Balaban J connectivity index is 2.14. The van der Waals surface area contributed by atoms with E-state index in [2.05, 4.69) is 5.32 Å². The van der Waals surface area contributed by atoms with Gasteiger partial charge in [-0.15, -0.1) is 11.3 Å². The molecular weight excluding hydrogens is 333 g/mol. The van der Waals surface area contributed by atoms with E-state index in [-0.39, 0.29) is 11.3 Å². The molecule has 0 fully saturated rings. The lowest BCUT2D eigenvalue weighted by molar-refractivity contribution is -0.111. The number of carbonyl (C=O) groups excluding carboxylic acids is 1. The number of anilines is 1. The molecule has 0 spiro atoms. The summed E-state index contributed by atoms with van der Waals surface area (Å²) < 4.78 is 0.623. The Morgan fingerprint density at radius 2 is 1.95 bits per heavy atom. The number of carboxylic acid groups (broad SMARTS) is 1. The van der Waals surface area contributed by atoms with E-state index in [1.165, 1.54) is 35.6 Å². The van der Waals surface area contributed by atoms with E-state index in [0.717, 1.165) is 4.88 Å². The molecule has 0 saturated heterocycles. The molecule has 2 aromatic rings. The maximum atomic E-state index is 11.8. The number of carbonyl (C=O) groups is 2. The predicted molar refractivity (Wildman–Crippen MR) is 85.4 cm³/mol. The molecule has 1 aromatic carbocycles. The van der Waals surface area contributed by atoms with Gasteiger partial charge in [-0.3, -0.25) is 4.79 Å². The van der Waals surface area contributed by atoms with E-state index in [1.807, 2.05) is 0 Å². The van der Waals surface area contributed by atoms with Crippen LogP contribution in [0.1, 0.15) is 15.2 Å². The number of thiophene rings is 1. The molecule has 108 valence electrons. The highest BCUT2D eigenvalue weighted by Crippen LogP contribution is 2.23. The second-order valence-electron chi connectivity index (χ2n) is 3.96. The van der Waals surface area contributed by atoms with Gasteiger partial charge >= 0.3 is 5.97 Å². The highest BCUT2D eigenvalue weighted by molar-refractivity contribution is 7.17. The molecule has 0 atom stereocenters. The molecule has 21 heavy (non-hydrogen) atoms. The maximum Gasteiger partial charge on any atom is 0.337 e. The second kappa shape index (κ2) is 6.76. The molecular formula is C14H9Cl2NO3S. The van der Waals surface area contributed by atoms with E-state index in [4.69, 9.17) is 28.3 Å². The number of benzene rings is 1. The van der Waals surface area contributed by atoms with Gasteiger partial charge in [-0.1, -0.05) is 23.2 Å². The molecule has 0 unspecified atom stereocenters. The molecule has 2 rings (SSSR count). The minimum atomic E-state index is -1.14. The molecule has 0 aliphatic rings. The lowest BCUT2D eigenvalue weighted by atomic mass is 10.2. The van der Waals surface area contributed by atoms with Gasteiger partial charge in [0.2, 0.25) is 5.91 Å². The summed E-state index contributed by atoms with van der Waals surface area (Å²) in [6, 6.07) is 7.67. The third-order valence-corrected chi connectivity index (χ3v) is 3.89. The van der Waals surface area contributed by atoms with Crippen LogP contribution in [0, 0.1) is 0 Å². The lowest BCUT2D eigenvalue weighted by Gasteiger charge is -2.06. The van der Waals surface area contributed by atoms with Gasteiger partial charge in [0.1, 0.15) is 0 Å². The summed E-state index contributed by atoms with van der Waals surface area (Å²) in [6.07, 6.45) is 2.89. The molecule has 2 N–H and O–H groups in total. The molecule has 0 aliphatic heterocycles. The van der Waals surface area contributed by atoms with Crippen molar-refractivity contribution in [1.29, 1.82) is 0 Å². The molecule has 7 heteroatoms. The van der Waals surface area contributed by atoms with Gasteiger partial charge in [0.15, 0.2) is 0 Å². The van der Waals surface area contributed by atoms with Crippen molar-refractivity contribution in [1.82, 2.24) is 0 Å². The number of amides is 1. The summed E-state index contributed by atoms with van der Waals surface area (Å²) >= 11 is 12.9. The van der Waals surface area contributed by atoms with E-state index in [1.54, 1.807) is 18.2 Å². The van der Waals surface area contributed by atoms with Crippen molar-refractivity contribution in [3.63, 3.8) is 0 Å². The molecule has 0 aliphatic carbocycles. The zero-order valence-corrected chi connectivity index (χ0v) is 12.8. The van der Waals surface area contributed by atoms with Crippen LogP contribution in [-0.2, 0) is 4.79 Å². The number of halogens is 2. The maximum absolute atomic E-state index is 11.8. The van der Waals surface area contributed by atoms with E-state index in [0.29, 0.717) is 9.36 Å².